The van der Waals surface area contributed by atoms with Gasteiger partial charge in [-0.1, -0.05) is 34.1 Å². The Kier molecular flexibility index (Phi) is 11.7. The Balaban J connectivity index is 5.37. The Morgan fingerprint density at radius 1 is 0.964 bits per heavy atom. The molecule has 10 nitrogen and oxygen atoms in total. The lowest BCUT2D eigenvalue weighted by molar-refractivity contribution is -0.142. The van der Waals surface area contributed by atoms with E-state index in [4.69, 9.17) is 15.9 Å². The van der Waals surface area contributed by atoms with E-state index in [9.17, 15) is 19.2 Å². The molecule has 0 saturated carbocycles. The zero-order valence-corrected chi connectivity index (χ0v) is 17.5. The number of aliphatic hydroxyl groups excluding tert-OH is 1. The minimum Gasteiger partial charge on any atom is -0.480 e. The molecule has 0 aliphatic carbocycles. The molecule has 0 rings (SSSR count). The quantitative estimate of drug-likeness (QED) is 0.188. The van der Waals surface area contributed by atoms with Gasteiger partial charge in [-0.05, 0) is 11.8 Å². The first-order valence-corrected chi connectivity index (χ1v) is 9.74. The fourth-order valence-corrected chi connectivity index (χ4v) is 2.52. The minimum atomic E-state index is -1.23. The number of nitrogens with one attached hydrogen (secondary N) is 3. The fourth-order valence-electron chi connectivity index (χ4n) is 2.27. The lowest BCUT2D eigenvalue weighted by atomic mass is 9.96. The van der Waals surface area contributed by atoms with Crippen LogP contribution in [-0.4, -0.2) is 70.4 Å². The average Bonchev–Trinajstić information content (AvgIpc) is 2.65. The highest BCUT2D eigenvalue weighted by molar-refractivity contribution is 7.80. The standard InChI is InChI=1S/C17H32N4O6S/c1-5-9(4)13(16(25)19-11(7-28)17(26)27)21-15(24)12(8(2)3)20-14(23)10(18)6-22/h8-13,22,28H,5-7,18H2,1-4H3,(H,19,25)(H,20,23)(H,21,24)(H,26,27). The number of nitrogens with two attached hydrogens (primary N) is 1. The molecule has 162 valence electrons. The third kappa shape index (κ3) is 8.03. The predicted molar refractivity (Wildman–Crippen MR) is 107 cm³/mol. The van der Waals surface area contributed by atoms with Crippen molar-refractivity contribution in [2.45, 2.75) is 58.3 Å². The number of hydrogen-bond donors (Lipinski definition) is 7. The van der Waals surface area contributed by atoms with Gasteiger partial charge in [0, 0.05) is 5.75 Å². The summed E-state index contributed by atoms with van der Waals surface area (Å²) in [4.78, 5) is 48.3. The number of aliphatic carboxylic acids is 1. The number of carbonyl (C=O) groups excluding carboxylic acids is 3. The molecule has 5 atom stereocenters. The van der Waals surface area contributed by atoms with Gasteiger partial charge in [0.2, 0.25) is 17.7 Å². The van der Waals surface area contributed by atoms with E-state index < -0.39 is 54.5 Å². The van der Waals surface area contributed by atoms with Crippen LogP contribution in [0.5, 0.6) is 0 Å². The van der Waals surface area contributed by atoms with Gasteiger partial charge in [-0.3, -0.25) is 14.4 Å². The van der Waals surface area contributed by atoms with Crippen molar-refractivity contribution in [1.82, 2.24) is 16.0 Å². The maximum Gasteiger partial charge on any atom is 0.327 e. The summed E-state index contributed by atoms with van der Waals surface area (Å²) in [5.41, 5.74) is 5.46. The molecule has 0 heterocycles. The summed E-state index contributed by atoms with van der Waals surface area (Å²) < 4.78 is 0. The van der Waals surface area contributed by atoms with Crippen LogP contribution in [0, 0.1) is 11.8 Å². The summed E-state index contributed by atoms with van der Waals surface area (Å²) in [6.45, 7) is 6.40. The van der Waals surface area contributed by atoms with Gasteiger partial charge in [0.25, 0.3) is 0 Å². The van der Waals surface area contributed by atoms with Crippen molar-refractivity contribution in [2.75, 3.05) is 12.4 Å². The van der Waals surface area contributed by atoms with Gasteiger partial charge in [0.15, 0.2) is 0 Å². The molecule has 28 heavy (non-hydrogen) atoms. The molecule has 11 heteroatoms. The summed E-state index contributed by atoms with van der Waals surface area (Å²) in [5.74, 6) is -3.89. The van der Waals surface area contributed by atoms with E-state index in [1.165, 1.54) is 0 Å². The van der Waals surface area contributed by atoms with Crippen LogP contribution < -0.4 is 21.7 Å². The van der Waals surface area contributed by atoms with E-state index in [0.717, 1.165) is 0 Å². The lowest BCUT2D eigenvalue weighted by Gasteiger charge is -2.29. The van der Waals surface area contributed by atoms with Gasteiger partial charge in [0.05, 0.1) is 6.61 Å². The van der Waals surface area contributed by atoms with Gasteiger partial charge in [-0.15, -0.1) is 0 Å². The van der Waals surface area contributed by atoms with Crippen molar-refractivity contribution >= 4 is 36.3 Å². The highest BCUT2D eigenvalue weighted by Crippen LogP contribution is 2.11. The maximum absolute atomic E-state index is 12.7. The molecule has 0 aliphatic heterocycles. The fraction of sp³-hybridized carbons (Fsp3) is 0.765. The first-order chi connectivity index (χ1) is 13.0. The number of amides is 3. The summed E-state index contributed by atoms with van der Waals surface area (Å²) in [5, 5.41) is 25.5. The molecule has 0 fully saturated rings. The maximum atomic E-state index is 12.7. The highest BCUT2D eigenvalue weighted by Gasteiger charge is 2.33. The molecule has 0 saturated heterocycles. The van der Waals surface area contributed by atoms with Crippen LogP contribution in [-0.2, 0) is 19.2 Å². The van der Waals surface area contributed by atoms with Crippen LogP contribution in [0.4, 0.5) is 0 Å². The van der Waals surface area contributed by atoms with E-state index in [1.54, 1.807) is 20.8 Å². The first-order valence-electron chi connectivity index (χ1n) is 9.11. The zero-order chi connectivity index (χ0) is 22.0. The van der Waals surface area contributed by atoms with Gasteiger partial charge >= 0.3 is 5.97 Å². The van der Waals surface area contributed by atoms with Gasteiger partial charge in [-0.2, -0.15) is 12.6 Å². The molecule has 7 N–H and O–H groups in total. The van der Waals surface area contributed by atoms with Crippen LogP contribution in [0.1, 0.15) is 34.1 Å². The third-order valence-electron chi connectivity index (χ3n) is 4.37. The summed E-state index contributed by atoms with van der Waals surface area (Å²) in [7, 11) is 0. The molecule has 3 amide bonds. The molecule has 0 spiro atoms. The Labute approximate surface area is 170 Å². The van der Waals surface area contributed by atoms with E-state index >= 15 is 0 Å². The molecular weight excluding hydrogens is 388 g/mol. The second-order valence-electron chi connectivity index (χ2n) is 6.97. The SMILES string of the molecule is CCC(C)C(NC(=O)C(NC(=O)C(N)CO)C(C)C)C(=O)NC(CS)C(=O)O. The summed E-state index contributed by atoms with van der Waals surface area (Å²) >= 11 is 3.91. The van der Waals surface area contributed by atoms with Gasteiger partial charge in [0.1, 0.15) is 24.2 Å². The van der Waals surface area contributed by atoms with Crippen LogP contribution >= 0.6 is 12.6 Å². The molecule has 0 aromatic heterocycles. The number of carboxylic acids is 1. The lowest BCUT2D eigenvalue weighted by Crippen LogP contribution is -2.60. The zero-order valence-electron chi connectivity index (χ0n) is 16.6. The number of aliphatic hydroxyl groups is 1. The molecular formula is C17H32N4O6S. The van der Waals surface area contributed by atoms with Gasteiger partial charge < -0.3 is 31.9 Å². The number of carboxylic acid groups (broad SMARTS) is 1. The summed E-state index contributed by atoms with van der Waals surface area (Å²) in [6.07, 6.45) is 0.547. The summed E-state index contributed by atoms with van der Waals surface area (Å²) in [6, 6.07) is -4.34. The van der Waals surface area contributed by atoms with Crippen molar-refractivity contribution in [3.8, 4) is 0 Å². The predicted octanol–water partition coefficient (Wildman–Crippen LogP) is -1.52. The molecule has 0 aromatic rings. The van der Waals surface area contributed by atoms with Crippen molar-refractivity contribution in [3.05, 3.63) is 0 Å². The highest BCUT2D eigenvalue weighted by atomic mass is 32.1. The number of carbonyl (C=O) groups is 4. The second kappa shape index (κ2) is 12.6. The Bertz CT molecular complexity index is 560. The molecule has 0 bridgehead atoms. The van der Waals surface area contributed by atoms with E-state index in [-0.39, 0.29) is 17.6 Å². The van der Waals surface area contributed by atoms with Crippen LogP contribution in [0.25, 0.3) is 0 Å². The van der Waals surface area contributed by atoms with E-state index in [1.807, 2.05) is 6.92 Å². The smallest absolute Gasteiger partial charge is 0.327 e. The first kappa shape index (κ1) is 26.1. The van der Waals surface area contributed by atoms with Crippen molar-refractivity contribution in [3.63, 3.8) is 0 Å². The average molecular weight is 421 g/mol. The molecule has 0 aromatic carbocycles. The minimum absolute atomic E-state index is 0.105. The third-order valence-corrected chi connectivity index (χ3v) is 4.74. The molecule has 5 unspecified atom stereocenters. The largest absolute Gasteiger partial charge is 0.480 e. The molecule has 0 radical (unpaired) electrons. The van der Waals surface area contributed by atoms with Crippen molar-refractivity contribution < 1.29 is 29.4 Å². The van der Waals surface area contributed by atoms with E-state index in [2.05, 4.69) is 28.6 Å². The Hall–Kier alpha value is -1.85. The van der Waals surface area contributed by atoms with Crippen LogP contribution in [0.15, 0.2) is 0 Å². The Morgan fingerprint density at radius 3 is 1.86 bits per heavy atom. The number of hydrogen-bond acceptors (Lipinski definition) is 7. The molecule has 0 aliphatic rings. The topological polar surface area (TPSA) is 171 Å². The second-order valence-corrected chi connectivity index (χ2v) is 7.34. The monoisotopic (exact) mass is 420 g/mol. The number of thiol groups is 1. The Morgan fingerprint density at radius 2 is 1.46 bits per heavy atom. The van der Waals surface area contributed by atoms with E-state index in [0.29, 0.717) is 6.42 Å². The van der Waals surface area contributed by atoms with Gasteiger partial charge in [-0.25, -0.2) is 4.79 Å². The van der Waals surface area contributed by atoms with Crippen molar-refractivity contribution in [1.29, 1.82) is 0 Å². The normalized spacial score (nSPS) is 16.4. The van der Waals surface area contributed by atoms with Crippen LogP contribution in [0.2, 0.25) is 0 Å². The number of rotatable bonds is 12. The van der Waals surface area contributed by atoms with Crippen LogP contribution in [0.3, 0.4) is 0 Å². The van der Waals surface area contributed by atoms with Crippen molar-refractivity contribution in [2.24, 2.45) is 17.6 Å².